The van der Waals surface area contributed by atoms with Gasteiger partial charge in [-0.15, -0.1) is 0 Å². The molecule has 10 aromatic rings. The number of fused-ring (bicyclic) bond motifs is 2. The van der Waals surface area contributed by atoms with E-state index in [1.54, 1.807) is 24.3 Å². The number of nitrogens with zero attached hydrogens (tertiary/aromatic N) is 4. The lowest BCUT2D eigenvalue weighted by Gasteiger charge is -2.14. The highest BCUT2D eigenvalue weighted by Crippen LogP contribution is 2.36. The second-order valence-electron chi connectivity index (χ2n) is 15.1. The molecule has 10 rings (SSSR count). The van der Waals surface area contributed by atoms with Crippen LogP contribution in [-0.2, 0) is 6.54 Å². The number of aromatic nitrogens is 4. The van der Waals surface area contributed by atoms with Gasteiger partial charge in [-0.05, 0) is 77.4 Å². The fraction of sp³-hybridized carbons (Fsp3) is 0.0182. The molecule has 2 heterocycles. The van der Waals surface area contributed by atoms with E-state index in [4.69, 9.17) is 19.9 Å². The Morgan fingerprint density at radius 1 is 0.349 bits per heavy atom. The summed E-state index contributed by atoms with van der Waals surface area (Å²) in [5.41, 5.74) is 13.8. The summed E-state index contributed by atoms with van der Waals surface area (Å²) in [6, 6.07) is 66.7. The number of hydrogen-bond donors (Lipinski definition) is 2. The molecule has 0 unspecified atom stereocenters. The van der Waals surface area contributed by atoms with Crippen LogP contribution < -0.4 is 10.6 Å². The van der Waals surface area contributed by atoms with Crippen LogP contribution in [0.15, 0.2) is 206 Å². The van der Waals surface area contributed by atoms with E-state index >= 15 is 0 Å². The van der Waals surface area contributed by atoms with Crippen LogP contribution in [0.4, 0.5) is 5.69 Å². The molecule has 2 amide bonds. The Morgan fingerprint density at radius 2 is 0.746 bits per heavy atom. The van der Waals surface area contributed by atoms with Gasteiger partial charge in [0, 0.05) is 45.6 Å². The number of rotatable bonds is 10. The number of anilines is 1. The molecular formula is C55H38N6O2. The van der Waals surface area contributed by atoms with E-state index in [9.17, 15) is 9.59 Å². The zero-order chi connectivity index (χ0) is 42.5. The van der Waals surface area contributed by atoms with Crippen molar-refractivity contribution in [2.45, 2.75) is 6.54 Å². The monoisotopic (exact) mass is 814 g/mol. The Labute approximate surface area is 364 Å². The van der Waals surface area contributed by atoms with E-state index < -0.39 is 0 Å². The molecular weight excluding hydrogens is 777 g/mol. The maximum absolute atomic E-state index is 13.3. The summed E-state index contributed by atoms with van der Waals surface area (Å²) < 4.78 is 0. The van der Waals surface area contributed by atoms with Gasteiger partial charge < -0.3 is 10.6 Å². The molecule has 0 radical (unpaired) electrons. The van der Waals surface area contributed by atoms with Gasteiger partial charge in [0.15, 0.2) is 0 Å². The van der Waals surface area contributed by atoms with Crippen molar-refractivity contribution in [2.24, 2.45) is 0 Å². The van der Waals surface area contributed by atoms with Gasteiger partial charge in [-0.3, -0.25) is 9.59 Å². The molecule has 8 heteroatoms. The van der Waals surface area contributed by atoms with Crippen molar-refractivity contribution in [3.63, 3.8) is 0 Å². The van der Waals surface area contributed by atoms with Crippen molar-refractivity contribution in [1.82, 2.24) is 25.3 Å². The lowest BCUT2D eigenvalue weighted by atomic mass is 9.96. The van der Waals surface area contributed by atoms with Gasteiger partial charge in [-0.2, -0.15) is 0 Å². The quantitative estimate of drug-likeness (QED) is 0.142. The highest BCUT2D eigenvalue weighted by Gasteiger charge is 2.18. The van der Waals surface area contributed by atoms with Gasteiger partial charge in [0.2, 0.25) is 0 Å². The van der Waals surface area contributed by atoms with E-state index in [2.05, 4.69) is 41.0 Å². The van der Waals surface area contributed by atoms with Crippen LogP contribution in [0.5, 0.6) is 0 Å². The molecule has 8 nitrogen and oxygen atoms in total. The average Bonchev–Trinajstić information content (AvgIpc) is 3.35. The third-order valence-electron chi connectivity index (χ3n) is 10.9. The van der Waals surface area contributed by atoms with Gasteiger partial charge in [0.1, 0.15) is 0 Å². The lowest BCUT2D eigenvalue weighted by Crippen LogP contribution is -2.22. The first-order chi connectivity index (χ1) is 31.0. The van der Waals surface area contributed by atoms with Gasteiger partial charge in [-0.1, -0.05) is 146 Å². The number of carbonyl (C=O) groups is 2. The summed E-state index contributed by atoms with van der Waals surface area (Å²) >= 11 is 0. The van der Waals surface area contributed by atoms with Crippen LogP contribution in [0, 0.1) is 0 Å². The summed E-state index contributed by atoms with van der Waals surface area (Å²) in [4.78, 5) is 47.3. The first-order valence-electron chi connectivity index (χ1n) is 20.7. The number of amides is 2. The van der Waals surface area contributed by atoms with Crippen molar-refractivity contribution in [3.8, 4) is 56.2 Å². The molecule has 8 aromatic carbocycles. The molecule has 0 saturated heterocycles. The number of para-hydroxylation sites is 1. The highest BCUT2D eigenvalue weighted by molar-refractivity contribution is 6.06. The second-order valence-corrected chi connectivity index (χ2v) is 15.1. The third-order valence-corrected chi connectivity index (χ3v) is 10.9. The number of hydrogen-bond acceptors (Lipinski definition) is 6. The standard InChI is InChI=1S/C55H38N6O2/c62-54(56-35-36-15-5-1-6-16-36)43-27-29-47-48(33-43)60-51(38-19-9-3-10-20-38)52(59-47)41-23-13-21-39(31-41)40-22-14-24-42(32-40)53-50(37-17-7-2-8-18-37)58-46-30-28-44(34-49(46)61-53)55(63)57-45-25-11-4-12-26-45/h1-34H,35H2,(H,56,62)(H,57,63). The summed E-state index contributed by atoms with van der Waals surface area (Å²) in [7, 11) is 0. The maximum Gasteiger partial charge on any atom is 0.255 e. The van der Waals surface area contributed by atoms with E-state index in [-0.39, 0.29) is 11.8 Å². The molecule has 63 heavy (non-hydrogen) atoms. The predicted octanol–water partition coefficient (Wildman–Crippen LogP) is 12.1. The van der Waals surface area contributed by atoms with Crippen LogP contribution in [0.25, 0.3) is 78.2 Å². The summed E-state index contributed by atoms with van der Waals surface area (Å²) in [6.07, 6.45) is 0. The van der Waals surface area contributed by atoms with Crippen molar-refractivity contribution in [2.75, 3.05) is 5.32 Å². The Hall–Kier alpha value is -8.62. The van der Waals surface area contributed by atoms with Crippen LogP contribution in [0.2, 0.25) is 0 Å². The highest BCUT2D eigenvalue weighted by atomic mass is 16.2. The fourth-order valence-corrected chi connectivity index (χ4v) is 7.69. The van der Waals surface area contributed by atoms with Gasteiger partial charge >= 0.3 is 0 Å². The van der Waals surface area contributed by atoms with Crippen molar-refractivity contribution < 1.29 is 9.59 Å². The molecule has 0 bridgehead atoms. The first kappa shape index (κ1) is 38.6. The van der Waals surface area contributed by atoms with E-state index in [1.807, 2.05) is 152 Å². The third kappa shape index (κ3) is 8.29. The number of nitrogens with one attached hydrogen (secondary N) is 2. The molecule has 0 aliphatic carbocycles. The molecule has 0 aliphatic rings. The van der Waals surface area contributed by atoms with Crippen molar-refractivity contribution in [3.05, 3.63) is 223 Å². The molecule has 0 saturated carbocycles. The Balaban J connectivity index is 1.02. The zero-order valence-corrected chi connectivity index (χ0v) is 33.9. The molecule has 0 atom stereocenters. The van der Waals surface area contributed by atoms with E-state index in [1.165, 1.54) is 0 Å². The molecule has 0 fully saturated rings. The minimum atomic E-state index is -0.223. The fourth-order valence-electron chi connectivity index (χ4n) is 7.69. The molecule has 0 aliphatic heterocycles. The topological polar surface area (TPSA) is 110 Å². The Morgan fingerprint density at radius 3 is 1.25 bits per heavy atom. The van der Waals surface area contributed by atoms with Crippen LogP contribution in [0.1, 0.15) is 26.3 Å². The summed E-state index contributed by atoms with van der Waals surface area (Å²) in [5, 5.41) is 6.00. The van der Waals surface area contributed by atoms with Gasteiger partial charge in [0.05, 0.1) is 44.8 Å². The smallest absolute Gasteiger partial charge is 0.255 e. The maximum atomic E-state index is 13.3. The number of benzene rings is 8. The van der Waals surface area contributed by atoms with Crippen LogP contribution in [-0.4, -0.2) is 31.8 Å². The molecule has 2 N–H and O–H groups in total. The Kier molecular flexibility index (Phi) is 10.5. The Bertz CT molecular complexity index is 3290. The minimum absolute atomic E-state index is 0.177. The summed E-state index contributed by atoms with van der Waals surface area (Å²) in [5.74, 6) is -0.400. The van der Waals surface area contributed by atoms with Crippen LogP contribution in [0.3, 0.4) is 0 Å². The minimum Gasteiger partial charge on any atom is -0.348 e. The predicted molar refractivity (Wildman–Crippen MR) is 252 cm³/mol. The van der Waals surface area contributed by atoms with E-state index in [0.717, 1.165) is 50.3 Å². The summed E-state index contributed by atoms with van der Waals surface area (Å²) in [6.45, 7) is 0.428. The van der Waals surface area contributed by atoms with E-state index in [0.29, 0.717) is 56.8 Å². The average molecular weight is 815 g/mol. The molecule has 0 spiro atoms. The van der Waals surface area contributed by atoms with Crippen molar-refractivity contribution >= 4 is 39.6 Å². The van der Waals surface area contributed by atoms with Gasteiger partial charge in [0.25, 0.3) is 11.8 Å². The van der Waals surface area contributed by atoms with Gasteiger partial charge in [-0.25, -0.2) is 19.9 Å². The normalized spacial score (nSPS) is 11.0. The zero-order valence-electron chi connectivity index (χ0n) is 33.9. The molecule has 2 aromatic heterocycles. The first-order valence-corrected chi connectivity index (χ1v) is 20.7. The van der Waals surface area contributed by atoms with Crippen LogP contribution >= 0.6 is 0 Å². The second kappa shape index (κ2) is 17.2. The largest absolute Gasteiger partial charge is 0.348 e. The molecule has 300 valence electrons. The number of carbonyl (C=O) groups excluding carboxylic acids is 2. The lowest BCUT2D eigenvalue weighted by molar-refractivity contribution is 0.0950. The van der Waals surface area contributed by atoms with Crippen molar-refractivity contribution in [1.29, 1.82) is 0 Å². The SMILES string of the molecule is O=C(NCc1ccccc1)c1ccc2nc(-c3cccc(-c4cccc(-c5nc6cc(C(=O)Nc7ccccc7)ccc6nc5-c5ccccc5)c4)c3)c(-c3ccccc3)nc2c1.